The molecule has 0 aliphatic heterocycles. The Hall–Kier alpha value is -2.73. The fourth-order valence-electron chi connectivity index (χ4n) is 5.09. The Morgan fingerprint density at radius 2 is 1.03 bits per heavy atom. The van der Waals surface area contributed by atoms with Crippen molar-refractivity contribution < 1.29 is 22.1 Å². The van der Waals surface area contributed by atoms with Crippen LogP contribution in [0.25, 0.3) is 0 Å². The Morgan fingerprint density at radius 1 is 0.658 bits per heavy atom. The first-order chi connectivity index (χ1) is 18.1. The van der Waals surface area contributed by atoms with E-state index in [0.717, 1.165) is 56.0 Å². The Kier molecular flexibility index (Phi) is 9.74. The van der Waals surface area contributed by atoms with Gasteiger partial charge in [-0.15, -0.1) is 0 Å². The number of aryl methyl sites for hydroxylation is 6. The molecule has 0 saturated heterocycles. The smallest absolute Gasteiger partial charge is 0.395 e. The van der Waals surface area contributed by atoms with Crippen molar-refractivity contribution in [2.24, 2.45) is 0 Å². The Bertz CT molecular complexity index is 1150. The van der Waals surface area contributed by atoms with Crippen LogP contribution in [-0.2, 0) is 47.5 Å². The van der Waals surface area contributed by atoms with Gasteiger partial charge in [0.2, 0.25) is 0 Å². The largest absolute Gasteiger partial charge is 0.491 e. The predicted molar refractivity (Wildman–Crippen MR) is 150 cm³/mol. The number of hydrogen-bond acceptors (Lipinski definition) is 2. The molecule has 0 bridgehead atoms. The summed E-state index contributed by atoms with van der Waals surface area (Å²) in [5, 5.41) is 0. The van der Waals surface area contributed by atoms with Crippen molar-refractivity contribution in [2.75, 3.05) is 0 Å². The molecule has 0 atom stereocenters. The molecule has 0 N–H and O–H groups in total. The van der Waals surface area contributed by atoms with Crippen LogP contribution in [0, 0.1) is 0 Å². The second-order valence-corrected chi connectivity index (χ2v) is 11.9. The zero-order valence-electron chi connectivity index (χ0n) is 23.3. The number of benzene rings is 3. The second-order valence-electron chi connectivity index (χ2n) is 9.35. The van der Waals surface area contributed by atoms with Crippen molar-refractivity contribution in [3.8, 4) is 0 Å². The summed E-state index contributed by atoms with van der Waals surface area (Å²) in [6.07, 6.45) is -1.08. The van der Waals surface area contributed by atoms with Crippen LogP contribution in [0.2, 0.25) is 0 Å². The van der Waals surface area contributed by atoms with Gasteiger partial charge in [-0.1, -0.05) is 84.0 Å². The first kappa shape index (κ1) is 29.8. The lowest BCUT2D eigenvalue weighted by atomic mass is 10.0. The minimum atomic E-state index is -5.13. The molecular weight excluding hydrogens is 505 g/mol. The summed E-state index contributed by atoms with van der Waals surface area (Å²) in [7, 11) is -3.11. The van der Waals surface area contributed by atoms with Crippen LogP contribution in [-0.4, -0.2) is 12.1 Å². The topological polar surface area (TPSA) is 26.3 Å². The van der Waals surface area contributed by atoms with Gasteiger partial charge in [0.15, 0.2) is 0 Å². The number of carbonyl (C=O) groups is 1. The quantitative estimate of drug-likeness (QED) is 0.254. The maximum Gasteiger partial charge on any atom is 0.491 e. The van der Waals surface area contributed by atoms with E-state index < -0.39 is 22.5 Å². The van der Waals surface area contributed by atoms with Crippen LogP contribution >= 0.6 is 10.3 Å². The molecule has 0 saturated carbocycles. The molecule has 6 heteroatoms. The highest BCUT2D eigenvalue weighted by molar-refractivity contribution is 8.30. The van der Waals surface area contributed by atoms with E-state index in [0.29, 0.717) is 30.6 Å². The van der Waals surface area contributed by atoms with Gasteiger partial charge in [-0.2, -0.15) is 13.2 Å². The highest BCUT2D eigenvalue weighted by Crippen LogP contribution is 2.73. The Labute approximate surface area is 227 Å². The summed E-state index contributed by atoms with van der Waals surface area (Å²) in [4.78, 5) is 15.0. The normalized spacial score (nSPS) is 12.4. The van der Waals surface area contributed by atoms with Crippen molar-refractivity contribution in [3.05, 3.63) is 88.0 Å². The van der Waals surface area contributed by atoms with E-state index in [9.17, 15) is 18.0 Å². The minimum Gasteiger partial charge on any atom is -0.395 e. The molecule has 0 radical (unpaired) electrons. The van der Waals surface area contributed by atoms with Gasteiger partial charge >= 0.3 is 12.1 Å². The van der Waals surface area contributed by atoms with Crippen LogP contribution in [0.15, 0.2) is 69.3 Å². The average Bonchev–Trinajstić information content (AvgIpc) is 2.94. The third-order valence-corrected chi connectivity index (χ3v) is 10.6. The number of halogens is 3. The van der Waals surface area contributed by atoms with Crippen molar-refractivity contribution >= 4 is 16.3 Å². The molecule has 0 aliphatic carbocycles. The van der Waals surface area contributed by atoms with E-state index in [1.807, 2.05) is 58.0 Å². The van der Waals surface area contributed by atoms with Crippen molar-refractivity contribution in [3.63, 3.8) is 0 Å². The number of rotatable bonds is 10. The molecule has 0 unspecified atom stereocenters. The molecular formula is C32H39F3O2S. The highest BCUT2D eigenvalue weighted by atomic mass is 32.3. The molecule has 0 spiro atoms. The van der Waals surface area contributed by atoms with E-state index in [2.05, 4.69) is 38.1 Å². The van der Waals surface area contributed by atoms with E-state index in [1.54, 1.807) is 0 Å². The molecule has 0 amide bonds. The fourth-order valence-corrected chi connectivity index (χ4v) is 9.18. The van der Waals surface area contributed by atoms with Crippen LogP contribution in [0.1, 0.15) is 74.9 Å². The molecule has 0 aliphatic rings. The molecule has 0 aromatic heterocycles. The van der Waals surface area contributed by atoms with Crippen LogP contribution < -0.4 is 0 Å². The van der Waals surface area contributed by atoms with Gasteiger partial charge in [-0.05, 0) is 94.3 Å². The maximum atomic E-state index is 14.0. The minimum absolute atomic E-state index is 0.597. The van der Waals surface area contributed by atoms with Crippen LogP contribution in [0.3, 0.4) is 0 Å². The summed E-state index contributed by atoms with van der Waals surface area (Å²) >= 11 is 0. The molecule has 2 nitrogen and oxygen atoms in total. The summed E-state index contributed by atoms with van der Waals surface area (Å²) in [5.41, 5.74) is 5.97. The SMILES string of the molecule is CCc1cc(CC)c(S(OC(=O)C(F)(F)F)(c2ccccc2)c2c(CC)cc(CC)cc2CC)c(CC)c1. The number of alkyl halides is 3. The lowest BCUT2D eigenvalue weighted by Crippen LogP contribution is -2.29. The molecule has 3 rings (SSSR count). The van der Waals surface area contributed by atoms with Crippen molar-refractivity contribution in [1.29, 1.82) is 0 Å². The lowest BCUT2D eigenvalue weighted by molar-refractivity contribution is -0.188. The van der Waals surface area contributed by atoms with Crippen molar-refractivity contribution in [1.82, 2.24) is 0 Å². The van der Waals surface area contributed by atoms with Gasteiger partial charge in [0.1, 0.15) is 0 Å². The molecule has 0 heterocycles. The van der Waals surface area contributed by atoms with Gasteiger partial charge in [0.05, 0.1) is 0 Å². The monoisotopic (exact) mass is 544 g/mol. The van der Waals surface area contributed by atoms with Crippen molar-refractivity contribution in [2.45, 2.75) is 101 Å². The van der Waals surface area contributed by atoms with Gasteiger partial charge in [-0.25, -0.2) is 4.79 Å². The molecule has 38 heavy (non-hydrogen) atoms. The zero-order valence-corrected chi connectivity index (χ0v) is 24.1. The highest BCUT2D eigenvalue weighted by Gasteiger charge is 2.49. The molecule has 0 fully saturated rings. The van der Waals surface area contributed by atoms with Crippen LogP contribution in [0.5, 0.6) is 0 Å². The Balaban J connectivity index is 2.67. The molecule has 3 aromatic rings. The fraction of sp³-hybridized carbons (Fsp3) is 0.406. The first-order valence-corrected chi connectivity index (χ1v) is 15.1. The summed E-state index contributed by atoms with van der Waals surface area (Å²) < 4.78 is 48.1. The number of carbonyl (C=O) groups excluding carboxylic acids is 1. The third-order valence-electron chi connectivity index (χ3n) is 7.03. The molecule has 3 aromatic carbocycles. The second kappa shape index (κ2) is 12.4. The average molecular weight is 545 g/mol. The van der Waals surface area contributed by atoms with E-state index >= 15 is 0 Å². The van der Waals surface area contributed by atoms with E-state index in [4.69, 9.17) is 4.18 Å². The van der Waals surface area contributed by atoms with Gasteiger partial charge in [0.25, 0.3) is 0 Å². The molecule has 206 valence electrons. The van der Waals surface area contributed by atoms with E-state index in [1.165, 1.54) is 0 Å². The van der Waals surface area contributed by atoms with Crippen LogP contribution in [0.4, 0.5) is 13.2 Å². The summed E-state index contributed by atoms with van der Waals surface area (Å²) in [6.45, 7) is 12.2. The first-order valence-electron chi connectivity index (χ1n) is 13.6. The zero-order chi connectivity index (χ0) is 28.1. The van der Waals surface area contributed by atoms with Gasteiger partial charge < -0.3 is 4.18 Å². The summed E-state index contributed by atoms with van der Waals surface area (Å²) in [6, 6.07) is 17.4. The van der Waals surface area contributed by atoms with Gasteiger partial charge in [-0.3, -0.25) is 0 Å². The lowest BCUT2D eigenvalue weighted by Gasteiger charge is -2.44. The van der Waals surface area contributed by atoms with E-state index in [-0.39, 0.29) is 0 Å². The van der Waals surface area contributed by atoms with Gasteiger partial charge in [0, 0.05) is 14.7 Å². The number of hydrogen-bond donors (Lipinski definition) is 0. The standard InChI is InChI=1S/C32H39F3O2S/c1-7-22-18-24(9-3)29(25(10-4)19-22)38(28-16-14-13-15-17-28,37-31(36)32(33,34)35)30-26(11-5)20-23(8-2)21-27(30)12-6/h13-21H,7-12H2,1-6H3. The maximum absolute atomic E-state index is 14.0. The predicted octanol–water partition coefficient (Wildman–Crippen LogP) is 9.36. The third kappa shape index (κ3) is 5.66. The Morgan fingerprint density at radius 3 is 1.32 bits per heavy atom. The summed E-state index contributed by atoms with van der Waals surface area (Å²) in [5.74, 6) is -2.15.